The van der Waals surface area contributed by atoms with Crippen molar-refractivity contribution in [3.05, 3.63) is 33.9 Å². The minimum atomic E-state index is -1.06. The molecular weight excluding hydrogens is 262 g/mol. The van der Waals surface area contributed by atoms with Gasteiger partial charge in [0.2, 0.25) is 0 Å². The van der Waals surface area contributed by atoms with Crippen LogP contribution in [0.15, 0.2) is 18.2 Å². The summed E-state index contributed by atoms with van der Waals surface area (Å²) in [6.45, 7) is 3.61. The van der Waals surface area contributed by atoms with Crippen LogP contribution in [0, 0.1) is 27.4 Å². The molecule has 0 saturated carbocycles. The molecule has 106 valence electrons. The fourth-order valence-corrected chi connectivity index (χ4v) is 1.78. The van der Waals surface area contributed by atoms with Gasteiger partial charge in [0.1, 0.15) is 12.1 Å². The van der Waals surface area contributed by atoms with Crippen LogP contribution in [0.3, 0.4) is 0 Å². The zero-order chi connectivity index (χ0) is 15.3. The van der Waals surface area contributed by atoms with E-state index in [0.29, 0.717) is 6.42 Å². The summed E-state index contributed by atoms with van der Waals surface area (Å²) >= 11 is 0. The average Bonchev–Trinajstić information content (AvgIpc) is 2.42. The second-order valence-electron chi connectivity index (χ2n) is 4.41. The van der Waals surface area contributed by atoms with E-state index in [2.05, 4.69) is 5.32 Å². The third-order valence-electron chi connectivity index (χ3n) is 3.14. The van der Waals surface area contributed by atoms with Gasteiger partial charge in [0.25, 0.3) is 5.69 Å². The van der Waals surface area contributed by atoms with Crippen LogP contribution in [0.5, 0.6) is 0 Å². The van der Waals surface area contributed by atoms with E-state index in [-0.39, 0.29) is 22.9 Å². The average molecular weight is 277 g/mol. The van der Waals surface area contributed by atoms with Crippen molar-refractivity contribution in [1.29, 1.82) is 5.26 Å². The molecule has 0 amide bonds. The molecule has 20 heavy (non-hydrogen) atoms. The van der Waals surface area contributed by atoms with Crippen LogP contribution in [-0.4, -0.2) is 22.0 Å². The number of aliphatic carboxylic acids is 1. The Hall–Kier alpha value is -2.62. The number of carboxylic acids is 1. The molecule has 1 rings (SSSR count). The van der Waals surface area contributed by atoms with E-state index in [0.717, 1.165) is 0 Å². The number of nitrogens with one attached hydrogen (secondary N) is 1. The molecule has 0 spiro atoms. The first-order valence-electron chi connectivity index (χ1n) is 6.09. The van der Waals surface area contributed by atoms with Gasteiger partial charge in [-0.1, -0.05) is 26.3 Å². The van der Waals surface area contributed by atoms with Crippen LogP contribution >= 0.6 is 0 Å². The lowest BCUT2D eigenvalue weighted by Crippen LogP contribution is -2.35. The number of anilines is 1. The van der Waals surface area contributed by atoms with Gasteiger partial charge in [-0.3, -0.25) is 10.1 Å². The lowest BCUT2D eigenvalue weighted by atomic mass is 9.98. The van der Waals surface area contributed by atoms with Gasteiger partial charge in [-0.15, -0.1) is 0 Å². The van der Waals surface area contributed by atoms with Gasteiger partial charge < -0.3 is 10.4 Å². The van der Waals surface area contributed by atoms with E-state index < -0.39 is 16.9 Å². The number of nitro groups is 1. The summed E-state index contributed by atoms with van der Waals surface area (Å²) in [7, 11) is 0. The highest BCUT2D eigenvalue weighted by Crippen LogP contribution is 2.27. The van der Waals surface area contributed by atoms with Gasteiger partial charge in [0.15, 0.2) is 5.56 Å². The summed E-state index contributed by atoms with van der Waals surface area (Å²) in [5, 5.41) is 31.8. The zero-order valence-electron chi connectivity index (χ0n) is 11.2. The Bertz CT molecular complexity index is 565. The molecule has 0 heterocycles. The van der Waals surface area contributed by atoms with E-state index >= 15 is 0 Å². The number of rotatable bonds is 6. The monoisotopic (exact) mass is 277 g/mol. The molecule has 0 saturated heterocycles. The van der Waals surface area contributed by atoms with Crippen molar-refractivity contribution >= 4 is 17.3 Å². The molecule has 0 fully saturated rings. The smallest absolute Gasteiger partial charge is 0.326 e. The fourth-order valence-electron chi connectivity index (χ4n) is 1.78. The van der Waals surface area contributed by atoms with Gasteiger partial charge in [-0.2, -0.15) is 5.26 Å². The standard InChI is InChI=1S/C13H15N3O4/c1-3-8(2)12(13(17)18)15-10-5-4-6-11(16(19)20)9(10)7-14/h4-6,8,12,15H,3H2,1-2H3,(H,17,18). The Morgan fingerprint density at radius 1 is 1.60 bits per heavy atom. The van der Waals surface area contributed by atoms with E-state index in [1.54, 1.807) is 13.0 Å². The summed E-state index contributed by atoms with van der Waals surface area (Å²) in [5.41, 5.74) is -0.341. The molecule has 0 radical (unpaired) electrons. The van der Waals surface area contributed by atoms with Crippen molar-refractivity contribution < 1.29 is 14.8 Å². The molecule has 0 aliphatic rings. The predicted octanol–water partition coefficient (Wildman–Crippen LogP) is 2.38. The normalized spacial score (nSPS) is 13.1. The molecule has 0 aliphatic heterocycles. The minimum absolute atomic E-state index is 0.160. The maximum Gasteiger partial charge on any atom is 0.326 e. The van der Waals surface area contributed by atoms with Crippen molar-refractivity contribution in [2.24, 2.45) is 5.92 Å². The first-order chi connectivity index (χ1) is 9.42. The maximum atomic E-state index is 11.2. The highest BCUT2D eigenvalue weighted by atomic mass is 16.6. The topological polar surface area (TPSA) is 116 Å². The molecule has 7 nitrogen and oxygen atoms in total. The van der Waals surface area contributed by atoms with Crippen LogP contribution < -0.4 is 5.32 Å². The highest BCUT2D eigenvalue weighted by molar-refractivity contribution is 5.79. The number of hydrogen-bond donors (Lipinski definition) is 2. The van der Waals surface area contributed by atoms with E-state index in [1.807, 2.05) is 6.92 Å². The number of nitriles is 1. The lowest BCUT2D eigenvalue weighted by molar-refractivity contribution is -0.385. The van der Waals surface area contributed by atoms with Gasteiger partial charge in [0.05, 0.1) is 10.6 Å². The van der Waals surface area contributed by atoms with Crippen molar-refractivity contribution in [3.63, 3.8) is 0 Å². The molecule has 1 aromatic carbocycles. The summed E-state index contributed by atoms with van der Waals surface area (Å²) < 4.78 is 0. The summed E-state index contributed by atoms with van der Waals surface area (Å²) in [5.74, 6) is -1.24. The minimum Gasteiger partial charge on any atom is -0.480 e. The number of hydrogen-bond acceptors (Lipinski definition) is 5. The van der Waals surface area contributed by atoms with E-state index in [9.17, 15) is 20.0 Å². The largest absolute Gasteiger partial charge is 0.480 e. The zero-order valence-corrected chi connectivity index (χ0v) is 11.2. The maximum absolute atomic E-state index is 11.2. The molecule has 0 aromatic heterocycles. The second-order valence-corrected chi connectivity index (χ2v) is 4.41. The summed E-state index contributed by atoms with van der Waals surface area (Å²) in [6, 6.07) is 4.93. The van der Waals surface area contributed by atoms with Crippen LogP contribution in [-0.2, 0) is 4.79 Å². The van der Waals surface area contributed by atoms with Gasteiger partial charge in [0, 0.05) is 6.07 Å². The third kappa shape index (κ3) is 3.23. The van der Waals surface area contributed by atoms with Crippen LogP contribution in [0.1, 0.15) is 25.8 Å². The Kier molecular flexibility index (Phi) is 5.03. The number of benzene rings is 1. The molecule has 2 N–H and O–H groups in total. The highest BCUT2D eigenvalue weighted by Gasteiger charge is 2.26. The third-order valence-corrected chi connectivity index (χ3v) is 3.14. The predicted molar refractivity (Wildman–Crippen MR) is 72.3 cm³/mol. The number of nitro benzene ring substituents is 1. The van der Waals surface area contributed by atoms with Crippen molar-refractivity contribution in [3.8, 4) is 6.07 Å². The molecule has 7 heteroatoms. The van der Waals surface area contributed by atoms with E-state index in [4.69, 9.17) is 5.26 Å². The first-order valence-corrected chi connectivity index (χ1v) is 6.09. The van der Waals surface area contributed by atoms with Crippen molar-refractivity contribution in [2.45, 2.75) is 26.3 Å². The van der Waals surface area contributed by atoms with Gasteiger partial charge >= 0.3 is 5.97 Å². The quantitative estimate of drug-likeness (QED) is 0.609. The SMILES string of the molecule is CCC(C)C(Nc1cccc([N+](=O)[O-])c1C#N)C(=O)O. The van der Waals surface area contributed by atoms with Gasteiger partial charge in [-0.05, 0) is 12.0 Å². The van der Waals surface area contributed by atoms with Gasteiger partial charge in [-0.25, -0.2) is 4.79 Å². The molecule has 2 unspecified atom stereocenters. The lowest BCUT2D eigenvalue weighted by Gasteiger charge is -2.21. The van der Waals surface area contributed by atoms with Crippen LogP contribution in [0.4, 0.5) is 11.4 Å². The molecule has 2 atom stereocenters. The summed E-state index contributed by atoms with van der Waals surface area (Å²) in [4.78, 5) is 21.4. The van der Waals surface area contributed by atoms with Crippen LogP contribution in [0.25, 0.3) is 0 Å². The fraction of sp³-hybridized carbons (Fsp3) is 0.385. The number of carboxylic acid groups (broad SMARTS) is 1. The van der Waals surface area contributed by atoms with Crippen LogP contribution in [0.2, 0.25) is 0 Å². The summed E-state index contributed by atoms with van der Waals surface area (Å²) in [6.07, 6.45) is 0.626. The number of nitrogens with zero attached hydrogens (tertiary/aromatic N) is 2. The molecule has 0 aliphatic carbocycles. The molecular formula is C13H15N3O4. The first kappa shape index (κ1) is 15.4. The number of carbonyl (C=O) groups is 1. The second kappa shape index (κ2) is 6.52. The Labute approximate surface area is 116 Å². The Morgan fingerprint density at radius 3 is 2.70 bits per heavy atom. The molecule has 1 aromatic rings. The van der Waals surface area contributed by atoms with E-state index in [1.165, 1.54) is 18.2 Å². The van der Waals surface area contributed by atoms with Crippen molar-refractivity contribution in [2.75, 3.05) is 5.32 Å². The van der Waals surface area contributed by atoms with Crippen molar-refractivity contribution in [1.82, 2.24) is 0 Å². The molecule has 0 bridgehead atoms. The Balaban J connectivity index is 3.20. The Morgan fingerprint density at radius 2 is 2.25 bits per heavy atom.